The Labute approximate surface area is 123 Å². The van der Waals surface area contributed by atoms with Crippen LogP contribution in [0, 0.1) is 12.3 Å². The highest BCUT2D eigenvalue weighted by Crippen LogP contribution is 2.43. The fraction of sp³-hybridized carbons (Fsp3) is 0.706. The summed E-state index contributed by atoms with van der Waals surface area (Å²) in [7, 11) is 0. The highest BCUT2D eigenvalue weighted by molar-refractivity contribution is 5.40. The lowest BCUT2D eigenvalue weighted by atomic mass is 9.70. The molecule has 0 aliphatic carbocycles. The van der Waals surface area contributed by atoms with Gasteiger partial charge in [-0.2, -0.15) is 0 Å². The van der Waals surface area contributed by atoms with E-state index in [0.717, 1.165) is 18.9 Å². The summed E-state index contributed by atoms with van der Waals surface area (Å²) in [6.07, 6.45) is 4.61. The first-order chi connectivity index (χ1) is 9.38. The van der Waals surface area contributed by atoms with Crippen molar-refractivity contribution in [2.75, 3.05) is 31.1 Å². The summed E-state index contributed by atoms with van der Waals surface area (Å²) >= 11 is 0. The van der Waals surface area contributed by atoms with Crippen LogP contribution < -0.4 is 4.90 Å². The molecule has 1 spiro atoms. The molecular weight excluding hydrogens is 246 g/mol. The second-order valence-corrected chi connectivity index (χ2v) is 7.71. The van der Waals surface area contributed by atoms with Gasteiger partial charge in [-0.1, -0.05) is 6.07 Å². The van der Waals surface area contributed by atoms with Crippen LogP contribution in [0.25, 0.3) is 0 Å². The number of aryl methyl sites for hydroxylation is 1. The minimum atomic E-state index is 0.334. The molecule has 0 N–H and O–H groups in total. The van der Waals surface area contributed by atoms with E-state index in [4.69, 9.17) is 0 Å². The summed E-state index contributed by atoms with van der Waals surface area (Å²) in [5.74, 6) is 1.15. The normalized spacial score (nSPS) is 22.9. The number of hydrogen-bond acceptors (Lipinski definition) is 3. The minimum absolute atomic E-state index is 0.334. The van der Waals surface area contributed by atoms with Crippen molar-refractivity contribution in [2.24, 2.45) is 5.41 Å². The summed E-state index contributed by atoms with van der Waals surface area (Å²) < 4.78 is 0. The summed E-state index contributed by atoms with van der Waals surface area (Å²) in [4.78, 5) is 9.63. The standard InChI is InChI=1S/C17H27N3/c1-14-5-6-15(18-11-14)19-9-7-17(8-10-19)12-20(13-17)16(2,3)4/h5-6,11H,7-10,12-13H2,1-4H3. The number of aromatic nitrogens is 1. The first-order valence-electron chi connectivity index (χ1n) is 7.81. The monoisotopic (exact) mass is 273 g/mol. The van der Waals surface area contributed by atoms with Crippen LogP contribution in [0.1, 0.15) is 39.2 Å². The van der Waals surface area contributed by atoms with E-state index >= 15 is 0 Å². The Morgan fingerprint density at radius 3 is 2.25 bits per heavy atom. The molecule has 0 unspecified atom stereocenters. The van der Waals surface area contributed by atoms with E-state index in [1.54, 1.807) is 0 Å². The Morgan fingerprint density at radius 2 is 1.75 bits per heavy atom. The van der Waals surface area contributed by atoms with Crippen LogP contribution in [0.2, 0.25) is 0 Å². The second-order valence-electron chi connectivity index (χ2n) is 7.71. The van der Waals surface area contributed by atoms with Crippen LogP contribution in [0.15, 0.2) is 18.3 Å². The van der Waals surface area contributed by atoms with Crippen molar-refractivity contribution in [2.45, 2.75) is 46.1 Å². The minimum Gasteiger partial charge on any atom is -0.357 e. The Balaban J connectivity index is 1.57. The van der Waals surface area contributed by atoms with Gasteiger partial charge in [0.2, 0.25) is 0 Å². The molecule has 20 heavy (non-hydrogen) atoms. The fourth-order valence-corrected chi connectivity index (χ4v) is 3.41. The van der Waals surface area contributed by atoms with E-state index in [1.165, 1.54) is 31.5 Å². The van der Waals surface area contributed by atoms with Gasteiger partial charge >= 0.3 is 0 Å². The average molecular weight is 273 g/mol. The van der Waals surface area contributed by atoms with Crippen molar-refractivity contribution in [3.63, 3.8) is 0 Å². The maximum atomic E-state index is 4.56. The first-order valence-corrected chi connectivity index (χ1v) is 7.81. The van der Waals surface area contributed by atoms with Crippen molar-refractivity contribution < 1.29 is 0 Å². The molecule has 110 valence electrons. The second kappa shape index (κ2) is 4.73. The zero-order chi connectivity index (χ0) is 14.4. The topological polar surface area (TPSA) is 19.4 Å². The molecule has 0 radical (unpaired) electrons. The third-order valence-electron chi connectivity index (χ3n) is 5.05. The van der Waals surface area contributed by atoms with Crippen LogP contribution in [-0.2, 0) is 0 Å². The molecule has 2 saturated heterocycles. The van der Waals surface area contributed by atoms with Gasteiger partial charge in [0.1, 0.15) is 5.82 Å². The van der Waals surface area contributed by atoms with E-state index < -0.39 is 0 Å². The molecular formula is C17H27N3. The summed E-state index contributed by atoms with van der Waals surface area (Å²) in [6.45, 7) is 14.0. The van der Waals surface area contributed by atoms with Crippen LogP contribution in [0.3, 0.4) is 0 Å². The Morgan fingerprint density at radius 1 is 1.10 bits per heavy atom. The maximum Gasteiger partial charge on any atom is 0.128 e. The molecule has 3 heterocycles. The first kappa shape index (κ1) is 13.9. The van der Waals surface area contributed by atoms with Gasteiger partial charge in [0, 0.05) is 37.9 Å². The summed E-state index contributed by atoms with van der Waals surface area (Å²) in [5.41, 5.74) is 2.16. The maximum absolute atomic E-state index is 4.56. The van der Waals surface area contributed by atoms with Crippen LogP contribution in [0.5, 0.6) is 0 Å². The summed E-state index contributed by atoms with van der Waals surface area (Å²) in [6, 6.07) is 4.33. The molecule has 2 fully saturated rings. The van der Waals surface area contributed by atoms with Crippen molar-refractivity contribution in [3.8, 4) is 0 Å². The Hall–Kier alpha value is -1.09. The Bertz CT molecular complexity index is 456. The largest absolute Gasteiger partial charge is 0.357 e. The van der Waals surface area contributed by atoms with Gasteiger partial charge in [-0.3, -0.25) is 4.90 Å². The molecule has 0 amide bonds. The lowest BCUT2D eigenvalue weighted by Gasteiger charge is -2.58. The number of hydrogen-bond donors (Lipinski definition) is 0. The number of nitrogens with zero attached hydrogens (tertiary/aromatic N) is 3. The zero-order valence-corrected chi connectivity index (χ0v) is 13.3. The predicted molar refractivity (Wildman–Crippen MR) is 84.2 cm³/mol. The number of pyridine rings is 1. The van der Waals surface area contributed by atoms with Crippen molar-refractivity contribution in [1.29, 1.82) is 0 Å². The number of piperidine rings is 1. The number of anilines is 1. The van der Waals surface area contributed by atoms with Gasteiger partial charge in [-0.15, -0.1) is 0 Å². The predicted octanol–water partition coefficient (Wildman–Crippen LogP) is 3.09. The summed E-state index contributed by atoms with van der Waals surface area (Å²) in [5, 5.41) is 0. The smallest absolute Gasteiger partial charge is 0.128 e. The lowest BCUT2D eigenvalue weighted by molar-refractivity contribution is -0.0717. The van der Waals surface area contributed by atoms with Crippen molar-refractivity contribution in [3.05, 3.63) is 23.9 Å². The SMILES string of the molecule is Cc1ccc(N2CCC3(CC2)CN(C(C)(C)C)C3)nc1. The number of likely N-dealkylation sites (tertiary alicyclic amines) is 1. The molecule has 2 aliphatic heterocycles. The quantitative estimate of drug-likeness (QED) is 0.784. The van der Waals surface area contributed by atoms with E-state index in [0.29, 0.717) is 11.0 Å². The van der Waals surface area contributed by atoms with Gasteiger partial charge in [0.05, 0.1) is 0 Å². The molecule has 0 bridgehead atoms. The molecule has 0 saturated carbocycles. The molecule has 2 aliphatic rings. The molecule has 0 atom stereocenters. The van der Waals surface area contributed by atoms with Crippen LogP contribution in [-0.4, -0.2) is 41.6 Å². The van der Waals surface area contributed by atoms with E-state index in [2.05, 4.69) is 54.6 Å². The van der Waals surface area contributed by atoms with Crippen molar-refractivity contribution >= 4 is 5.82 Å². The zero-order valence-electron chi connectivity index (χ0n) is 13.3. The molecule has 3 heteroatoms. The van der Waals surface area contributed by atoms with Gasteiger partial charge < -0.3 is 4.90 Å². The highest BCUT2D eigenvalue weighted by Gasteiger charge is 2.47. The van der Waals surface area contributed by atoms with E-state index in [9.17, 15) is 0 Å². The third-order valence-corrected chi connectivity index (χ3v) is 5.05. The molecule has 3 rings (SSSR count). The highest BCUT2D eigenvalue weighted by atomic mass is 15.3. The fourth-order valence-electron chi connectivity index (χ4n) is 3.41. The molecule has 1 aromatic heterocycles. The van der Waals surface area contributed by atoms with E-state index in [1.807, 2.05) is 6.20 Å². The van der Waals surface area contributed by atoms with E-state index in [-0.39, 0.29) is 0 Å². The van der Waals surface area contributed by atoms with Crippen LogP contribution >= 0.6 is 0 Å². The van der Waals surface area contributed by atoms with Crippen LogP contribution in [0.4, 0.5) is 5.82 Å². The van der Waals surface area contributed by atoms with Crippen molar-refractivity contribution in [1.82, 2.24) is 9.88 Å². The van der Waals surface area contributed by atoms with Gasteiger partial charge in [-0.25, -0.2) is 4.98 Å². The lowest BCUT2D eigenvalue weighted by Crippen LogP contribution is -2.65. The molecule has 0 aromatic carbocycles. The molecule has 3 nitrogen and oxygen atoms in total. The molecule has 1 aromatic rings. The number of rotatable bonds is 1. The van der Waals surface area contributed by atoms with Gasteiger partial charge in [-0.05, 0) is 57.6 Å². The average Bonchev–Trinajstić information content (AvgIpc) is 2.36. The Kier molecular flexibility index (Phi) is 3.28. The third kappa shape index (κ3) is 2.56. The van der Waals surface area contributed by atoms with Gasteiger partial charge in [0.25, 0.3) is 0 Å². The van der Waals surface area contributed by atoms with Gasteiger partial charge in [0.15, 0.2) is 0 Å².